The number of nitrogens with zero attached hydrogens (tertiary/aromatic N) is 4. The SMILES string of the molecule is COc1cc(NC(=O)Cn2nnc(-c3ccc(Br)cc3)n2)cc(OC)c1. The highest BCUT2D eigenvalue weighted by atomic mass is 79.9. The second kappa shape index (κ2) is 7.96. The number of anilines is 1. The molecule has 0 bridgehead atoms. The van der Waals surface area contributed by atoms with E-state index in [2.05, 4.69) is 36.7 Å². The number of ether oxygens (including phenoxy) is 2. The zero-order valence-electron chi connectivity index (χ0n) is 14.1. The lowest BCUT2D eigenvalue weighted by atomic mass is 10.2. The summed E-state index contributed by atoms with van der Waals surface area (Å²) in [6, 6.07) is 12.6. The number of nitrogens with one attached hydrogen (secondary N) is 1. The fraction of sp³-hybridized carbons (Fsp3) is 0.176. The molecule has 0 aliphatic carbocycles. The molecule has 1 aromatic heterocycles. The van der Waals surface area contributed by atoms with Crippen LogP contribution in [0.25, 0.3) is 11.4 Å². The summed E-state index contributed by atoms with van der Waals surface area (Å²) in [6.45, 7) is -0.0664. The van der Waals surface area contributed by atoms with Crippen LogP contribution in [0.1, 0.15) is 0 Å². The summed E-state index contributed by atoms with van der Waals surface area (Å²) in [4.78, 5) is 13.5. The van der Waals surface area contributed by atoms with Crippen LogP contribution in [0, 0.1) is 0 Å². The molecule has 1 heterocycles. The summed E-state index contributed by atoms with van der Waals surface area (Å²) >= 11 is 3.38. The van der Waals surface area contributed by atoms with E-state index in [-0.39, 0.29) is 12.5 Å². The van der Waals surface area contributed by atoms with E-state index in [0.717, 1.165) is 10.0 Å². The fourth-order valence-electron chi connectivity index (χ4n) is 2.23. The lowest BCUT2D eigenvalue weighted by molar-refractivity contribution is -0.117. The van der Waals surface area contributed by atoms with E-state index in [1.165, 1.54) is 4.80 Å². The van der Waals surface area contributed by atoms with Gasteiger partial charge in [-0.15, -0.1) is 10.2 Å². The van der Waals surface area contributed by atoms with Gasteiger partial charge in [-0.2, -0.15) is 4.80 Å². The van der Waals surface area contributed by atoms with Gasteiger partial charge < -0.3 is 14.8 Å². The highest BCUT2D eigenvalue weighted by Crippen LogP contribution is 2.25. The van der Waals surface area contributed by atoms with Gasteiger partial charge >= 0.3 is 0 Å². The summed E-state index contributed by atoms with van der Waals surface area (Å²) in [6.07, 6.45) is 0. The van der Waals surface area contributed by atoms with Crippen molar-refractivity contribution in [1.29, 1.82) is 0 Å². The predicted octanol–water partition coefficient (Wildman–Crippen LogP) is 2.76. The third kappa shape index (κ3) is 4.37. The zero-order valence-corrected chi connectivity index (χ0v) is 15.7. The Morgan fingerprint density at radius 1 is 1.12 bits per heavy atom. The average Bonchev–Trinajstić information content (AvgIpc) is 3.10. The van der Waals surface area contributed by atoms with Gasteiger partial charge in [0, 0.05) is 33.9 Å². The summed E-state index contributed by atoms with van der Waals surface area (Å²) in [5, 5.41) is 14.9. The first-order valence-corrected chi connectivity index (χ1v) is 8.43. The number of benzene rings is 2. The van der Waals surface area contributed by atoms with Crippen molar-refractivity contribution in [2.45, 2.75) is 6.54 Å². The quantitative estimate of drug-likeness (QED) is 0.662. The molecule has 2 aromatic carbocycles. The molecule has 134 valence electrons. The minimum atomic E-state index is -0.292. The monoisotopic (exact) mass is 417 g/mol. The lowest BCUT2D eigenvalue weighted by Crippen LogP contribution is -2.20. The van der Waals surface area contributed by atoms with Gasteiger partial charge in [-0.3, -0.25) is 4.79 Å². The number of hydrogen-bond acceptors (Lipinski definition) is 6. The molecule has 0 aliphatic rings. The van der Waals surface area contributed by atoms with Crippen LogP contribution >= 0.6 is 15.9 Å². The molecule has 0 saturated carbocycles. The van der Waals surface area contributed by atoms with Crippen molar-refractivity contribution >= 4 is 27.5 Å². The Kier molecular flexibility index (Phi) is 5.47. The van der Waals surface area contributed by atoms with Gasteiger partial charge in [-0.1, -0.05) is 15.9 Å². The number of aromatic nitrogens is 4. The van der Waals surface area contributed by atoms with Crippen molar-refractivity contribution in [3.05, 3.63) is 46.9 Å². The van der Waals surface area contributed by atoms with Crippen LogP contribution in [0.15, 0.2) is 46.9 Å². The van der Waals surface area contributed by atoms with Crippen molar-refractivity contribution in [2.75, 3.05) is 19.5 Å². The van der Waals surface area contributed by atoms with Crippen molar-refractivity contribution in [2.24, 2.45) is 0 Å². The van der Waals surface area contributed by atoms with Crippen LogP contribution in [0.2, 0.25) is 0 Å². The number of amides is 1. The standard InChI is InChI=1S/C17H16BrN5O3/c1-25-14-7-13(8-15(9-14)26-2)19-16(24)10-23-21-17(20-22-23)11-3-5-12(18)6-4-11/h3-9H,10H2,1-2H3,(H,19,24). The van der Waals surface area contributed by atoms with Crippen LogP contribution in [0.5, 0.6) is 11.5 Å². The first-order chi connectivity index (χ1) is 12.6. The molecule has 0 spiro atoms. The normalized spacial score (nSPS) is 10.4. The van der Waals surface area contributed by atoms with E-state index in [4.69, 9.17) is 9.47 Å². The van der Waals surface area contributed by atoms with E-state index < -0.39 is 0 Å². The minimum Gasteiger partial charge on any atom is -0.497 e. The molecule has 1 amide bonds. The number of halogens is 1. The third-order valence-electron chi connectivity index (χ3n) is 3.48. The van der Waals surface area contributed by atoms with Gasteiger partial charge in [0.25, 0.3) is 0 Å². The van der Waals surface area contributed by atoms with Crippen molar-refractivity contribution in [3.8, 4) is 22.9 Å². The summed E-state index contributed by atoms with van der Waals surface area (Å²) in [5.41, 5.74) is 1.37. The topological polar surface area (TPSA) is 91.2 Å². The maximum Gasteiger partial charge on any atom is 0.248 e. The van der Waals surface area contributed by atoms with Crippen LogP contribution in [0.3, 0.4) is 0 Å². The molecule has 0 radical (unpaired) electrons. The lowest BCUT2D eigenvalue weighted by Gasteiger charge is -2.09. The summed E-state index contributed by atoms with van der Waals surface area (Å²) in [7, 11) is 3.09. The van der Waals surface area contributed by atoms with Gasteiger partial charge in [-0.05, 0) is 29.5 Å². The number of tetrazole rings is 1. The second-order valence-electron chi connectivity index (χ2n) is 5.30. The van der Waals surface area contributed by atoms with E-state index in [0.29, 0.717) is 23.0 Å². The Labute approximate surface area is 158 Å². The molecule has 0 unspecified atom stereocenters. The Morgan fingerprint density at radius 2 is 1.77 bits per heavy atom. The first-order valence-electron chi connectivity index (χ1n) is 7.64. The molecule has 8 nitrogen and oxygen atoms in total. The van der Waals surface area contributed by atoms with Crippen molar-refractivity contribution < 1.29 is 14.3 Å². The third-order valence-corrected chi connectivity index (χ3v) is 4.00. The smallest absolute Gasteiger partial charge is 0.248 e. The van der Waals surface area contributed by atoms with Gasteiger partial charge in [0.15, 0.2) is 0 Å². The Bertz CT molecular complexity index is 889. The molecule has 26 heavy (non-hydrogen) atoms. The number of methoxy groups -OCH3 is 2. The molecule has 0 atom stereocenters. The van der Waals surface area contributed by atoms with Gasteiger partial charge in [0.2, 0.25) is 11.7 Å². The zero-order chi connectivity index (χ0) is 18.5. The van der Waals surface area contributed by atoms with E-state index in [1.54, 1.807) is 32.4 Å². The number of rotatable bonds is 6. The maximum atomic E-state index is 12.2. The van der Waals surface area contributed by atoms with Crippen molar-refractivity contribution in [1.82, 2.24) is 20.2 Å². The number of carbonyl (C=O) groups is 1. The van der Waals surface area contributed by atoms with Gasteiger partial charge in [-0.25, -0.2) is 0 Å². The molecule has 1 N–H and O–H groups in total. The van der Waals surface area contributed by atoms with Crippen LogP contribution < -0.4 is 14.8 Å². The predicted molar refractivity (Wildman–Crippen MR) is 99.1 cm³/mol. The van der Waals surface area contributed by atoms with E-state index in [9.17, 15) is 4.79 Å². The van der Waals surface area contributed by atoms with E-state index >= 15 is 0 Å². The largest absolute Gasteiger partial charge is 0.497 e. The van der Waals surface area contributed by atoms with Gasteiger partial charge in [0.05, 0.1) is 14.2 Å². The second-order valence-corrected chi connectivity index (χ2v) is 6.22. The van der Waals surface area contributed by atoms with Gasteiger partial charge in [0.1, 0.15) is 18.0 Å². The molecule has 3 rings (SSSR count). The minimum absolute atomic E-state index is 0.0664. The van der Waals surface area contributed by atoms with Crippen molar-refractivity contribution in [3.63, 3.8) is 0 Å². The highest BCUT2D eigenvalue weighted by molar-refractivity contribution is 9.10. The molecular formula is C17H16BrN5O3. The first kappa shape index (κ1) is 17.9. The maximum absolute atomic E-state index is 12.2. The Morgan fingerprint density at radius 3 is 2.38 bits per heavy atom. The van der Waals surface area contributed by atoms with E-state index in [1.807, 2.05) is 24.3 Å². The summed E-state index contributed by atoms with van der Waals surface area (Å²) in [5.74, 6) is 1.32. The molecule has 9 heteroatoms. The fourth-order valence-corrected chi connectivity index (χ4v) is 2.50. The average molecular weight is 418 g/mol. The number of hydrogen-bond donors (Lipinski definition) is 1. The Hall–Kier alpha value is -2.94. The Balaban J connectivity index is 1.68. The molecule has 3 aromatic rings. The molecule has 0 aliphatic heterocycles. The number of carbonyl (C=O) groups excluding carboxylic acids is 1. The van der Waals surface area contributed by atoms with Crippen LogP contribution in [0.4, 0.5) is 5.69 Å². The van der Waals surface area contributed by atoms with Crippen LogP contribution in [-0.4, -0.2) is 40.3 Å². The molecular weight excluding hydrogens is 402 g/mol. The molecule has 0 saturated heterocycles. The highest BCUT2D eigenvalue weighted by Gasteiger charge is 2.11. The van der Waals surface area contributed by atoms with Crippen LogP contribution in [-0.2, 0) is 11.3 Å². The molecule has 0 fully saturated rings. The summed E-state index contributed by atoms with van der Waals surface area (Å²) < 4.78 is 11.3.